The second-order valence-electron chi connectivity index (χ2n) is 12.0. The van der Waals surface area contributed by atoms with E-state index < -0.39 is 12.0 Å². The maximum absolute atomic E-state index is 13.5. The summed E-state index contributed by atoms with van der Waals surface area (Å²) in [7, 11) is 0. The Morgan fingerprint density at radius 1 is 0.977 bits per heavy atom. The Morgan fingerprint density at radius 2 is 1.66 bits per heavy atom. The standard InChI is InChI=1S/C37H48N2O3S.Li.H/c1-4-5-22-39(25-28-15-18-31(19-16-28)30-12-7-6-8-13-30)26-29-17-20-33(34(24-29)32-14-10-9-11-27(32)2)36(40)38-35(37(41)42)21-23-43-3;;/h9-11,14-20,24,30,35H,4-8,12-13,21-23,25-26H2,1-3H3,(H,38,40)(H,41,42);;/q;+1;-1. The molecule has 3 aromatic rings. The van der Waals surface area contributed by atoms with Crippen molar-refractivity contribution in [3.8, 4) is 11.1 Å². The molecule has 1 aliphatic carbocycles. The van der Waals surface area contributed by atoms with Crippen LogP contribution in [0.5, 0.6) is 0 Å². The summed E-state index contributed by atoms with van der Waals surface area (Å²) in [4.78, 5) is 27.9. The van der Waals surface area contributed by atoms with Crippen molar-refractivity contribution in [3.63, 3.8) is 0 Å². The number of unbranched alkanes of at least 4 members (excludes halogenated alkanes) is 1. The third-order valence-corrected chi connectivity index (χ3v) is 9.32. The van der Waals surface area contributed by atoms with E-state index in [9.17, 15) is 14.7 Å². The molecule has 4 rings (SSSR count). The molecule has 7 heteroatoms. The number of hydrogen-bond donors (Lipinski definition) is 2. The molecule has 232 valence electrons. The Balaban J connectivity index is 0.00000353. The zero-order valence-electron chi connectivity index (χ0n) is 28.1. The van der Waals surface area contributed by atoms with Gasteiger partial charge in [-0.25, -0.2) is 4.79 Å². The van der Waals surface area contributed by atoms with Gasteiger partial charge in [0.1, 0.15) is 6.04 Å². The number of nitrogens with one attached hydrogen (secondary N) is 1. The number of carbonyl (C=O) groups is 2. The summed E-state index contributed by atoms with van der Waals surface area (Å²) in [5.41, 5.74) is 7.37. The van der Waals surface area contributed by atoms with Gasteiger partial charge < -0.3 is 11.8 Å². The third-order valence-electron chi connectivity index (χ3n) is 8.67. The van der Waals surface area contributed by atoms with Crippen LogP contribution in [-0.4, -0.2) is 46.5 Å². The number of carbonyl (C=O) groups excluding carboxylic acids is 1. The van der Waals surface area contributed by atoms with E-state index in [4.69, 9.17) is 0 Å². The number of amides is 1. The van der Waals surface area contributed by atoms with Crippen LogP contribution in [0, 0.1) is 6.92 Å². The zero-order valence-corrected chi connectivity index (χ0v) is 27.9. The molecule has 0 radical (unpaired) electrons. The van der Waals surface area contributed by atoms with E-state index >= 15 is 0 Å². The number of carboxylic acid groups (broad SMARTS) is 1. The summed E-state index contributed by atoms with van der Waals surface area (Å²) >= 11 is 1.57. The number of nitrogens with zero attached hydrogens (tertiary/aromatic N) is 1. The average Bonchev–Trinajstić information content (AvgIpc) is 3.02. The SMILES string of the molecule is CCCCN(Cc1ccc(C2CCCCC2)cc1)Cc1ccc(C(=O)NC(CCSC)C(=O)O)c(-c2ccccc2C)c1.[H-].[Li+]. The molecule has 1 atom stereocenters. The number of aryl methyl sites for hydroxylation is 1. The Hall–Kier alpha value is -2.49. The summed E-state index contributed by atoms with van der Waals surface area (Å²) in [6, 6.07) is 22.5. The summed E-state index contributed by atoms with van der Waals surface area (Å²) in [6.45, 7) is 6.93. The fourth-order valence-corrected chi connectivity index (χ4v) is 6.63. The van der Waals surface area contributed by atoms with Crippen molar-refractivity contribution < 1.29 is 35.0 Å². The van der Waals surface area contributed by atoms with E-state index in [2.05, 4.69) is 47.5 Å². The van der Waals surface area contributed by atoms with Crippen molar-refractivity contribution in [2.24, 2.45) is 0 Å². The van der Waals surface area contributed by atoms with E-state index in [-0.39, 0.29) is 26.2 Å². The van der Waals surface area contributed by atoms with Crippen LogP contribution in [0.1, 0.15) is 98.2 Å². The number of carboxylic acids is 1. The molecule has 1 fully saturated rings. The Kier molecular flexibility index (Phi) is 15.1. The van der Waals surface area contributed by atoms with Crippen molar-refractivity contribution in [1.29, 1.82) is 0 Å². The predicted octanol–water partition coefficient (Wildman–Crippen LogP) is 5.56. The predicted molar refractivity (Wildman–Crippen MR) is 181 cm³/mol. The molecule has 3 aromatic carbocycles. The summed E-state index contributed by atoms with van der Waals surface area (Å²) < 4.78 is 0. The number of benzene rings is 3. The Labute approximate surface area is 282 Å². The normalized spacial score (nSPS) is 14.2. The van der Waals surface area contributed by atoms with Crippen LogP contribution in [0.4, 0.5) is 0 Å². The van der Waals surface area contributed by atoms with Crippen LogP contribution in [0.2, 0.25) is 0 Å². The van der Waals surface area contributed by atoms with Gasteiger partial charge in [-0.05, 0) is 103 Å². The fourth-order valence-electron chi connectivity index (χ4n) is 6.16. The van der Waals surface area contributed by atoms with Crippen molar-refractivity contribution in [3.05, 3.63) is 94.5 Å². The van der Waals surface area contributed by atoms with Gasteiger partial charge in [0, 0.05) is 18.7 Å². The number of hydrogen-bond acceptors (Lipinski definition) is 4. The van der Waals surface area contributed by atoms with Crippen LogP contribution in [-0.2, 0) is 17.9 Å². The molecule has 0 bridgehead atoms. The molecule has 0 spiro atoms. The van der Waals surface area contributed by atoms with Gasteiger partial charge >= 0.3 is 24.8 Å². The Morgan fingerprint density at radius 3 is 2.32 bits per heavy atom. The van der Waals surface area contributed by atoms with E-state index in [1.807, 2.05) is 49.6 Å². The number of rotatable bonds is 15. The van der Waals surface area contributed by atoms with Gasteiger partial charge in [0.05, 0.1) is 0 Å². The minimum absolute atomic E-state index is 0. The molecular formula is C37H49LiN2O3S. The van der Waals surface area contributed by atoms with Gasteiger partial charge in [-0.1, -0.05) is 87.2 Å². The minimum Gasteiger partial charge on any atom is -1.00 e. The maximum Gasteiger partial charge on any atom is 1.00 e. The molecule has 0 saturated heterocycles. The molecule has 1 aliphatic rings. The van der Waals surface area contributed by atoms with Crippen molar-refractivity contribution in [2.45, 2.75) is 90.3 Å². The van der Waals surface area contributed by atoms with Crippen LogP contribution < -0.4 is 24.2 Å². The Bertz CT molecular complexity index is 1350. The second kappa shape index (κ2) is 18.5. The van der Waals surface area contributed by atoms with Crippen LogP contribution in [0.3, 0.4) is 0 Å². The second-order valence-corrected chi connectivity index (χ2v) is 13.0. The molecule has 0 heterocycles. The smallest absolute Gasteiger partial charge is 1.00 e. The molecule has 44 heavy (non-hydrogen) atoms. The third kappa shape index (κ3) is 10.3. The molecule has 0 aromatic heterocycles. The molecule has 1 saturated carbocycles. The zero-order chi connectivity index (χ0) is 30.6. The molecule has 2 N–H and O–H groups in total. The molecule has 5 nitrogen and oxygen atoms in total. The monoisotopic (exact) mass is 608 g/mol. The van der Waals surface area contributed by atoms with Gasteiger partial charge in [-0.2, -0.15) is 11.8 Å². The summed E-state index contributed by atoms with van der Waals surface area (Å²) in [5, 5.41) is 12.5. The van der Waals surface area contributed by atoms with Gasteiger partial charge in [-0.15, -0.1) is 0 Å². The first-order chi connectivity index (χ1) is 20.9. The number of aliphatic carboxylic acids is 1. The van der Waals surface area contributed by atoms with Gasteiger partial charge in [0.15, 0.2) is 0 Å². The van der Waals surface area contributed by atoms with E-state index in [0.717, 1.165) is 54.7 Å². The van der Waals surface area contributed by atoms with Crippen LogP contribution >= 0.6 is 11.8 Å². The van der Waals surface area contributed by atoms with E-state index in [1.165, 1.54) is 43.2 Å². The van der Waals surface area contributed by atoms with Gasteiger partial charge in [0.25, 0.3) is 5.91 Å². The largest absolute Gasteiger partial charge is 1.00 e. The van der Waals surface area contributed by atoms with Crippen molar-refractivity contribution in [2.75, 3.05) is 18.6 Å². The molecule has 0 aliphatic heterocycles. The topological polar surface area (TPSA) is 69.6 Å². The molecular weight excluding hydrogens is 559 g/mol. The first kappa shape index (κ1) is 36.0. The van der Waals surface area contributed by atoms with Crippen molar-refractivity contribution >= 4 is 23.6 Å². The van der Waals surface area contributed by atoms with Crippen LogP contribution in [0.15, 0.2) is 66.7 Å². The van der Waals surface area contributed by atoms with Crippen molar-refractivity contribution in [1.82, 2.24) is 10.2 Å². The first-order valence-electron chi connectivity index (χ1n) is 15.9. The quantitative estimate of drug-likeness (QED) is 0.221. The summed E-state index contributed by atoms with van der Waals surface area (Å²) in [6.07, 6.45) is 11.3. The van der Waals surface area contributed by atoms with Gasteiger partial charge in [0.2, 0.25) is 0 Å². The molecule has 1 amide bonds. The number of thioether (sulfide) groups is 1. The minimum atomic E-state index is -1.00. The first-order valence-corrected chi connectivity index (χ1v) is 17.3. The van der Waals surface area contributed by atoms with Crippen LogP contribution in [0.25, 0.3) is 11.1 Å². The maximum atomic E-state index is 13.5. The van der Waals surface area contributed by atoms with Gasteiger partial charge in [-0.3, -0.25) is 9.69 Å². The van der Waals surface area contributed by atoms with E-state index in [0.29, 0.717) is 23.7 Å². The molecule has 1 unspecified atom stereocenters. The average molecular weight is 609 g/mol. The fraction of sp³-hybridized carbons (Fsp3) is 0.459. The van der Waals surface area contributed by atoms with E-state index in [1.54, 1.807) is 11.8 Å². The summed E-state index contributed by atoms with van der Waals surface area (Å²) in [5.74, 6) is 0.0254.